The molecule has 0 saturated heterocycles. The fourth-order valence-electron chi connectivity index (χ4n) is 4.99. The zero-order valence-corrected chi connectivity index (χ0v) is 16.2. The van der Waals surface area contributed by atoms with Crippen LogP contribution < -0.4 is 0 Å². The Labute approximate surface area is 174 Å². The third-order valence-corrected chi connectivity index (χ3v) is 6.35. The monoisotopic (exact) mass is 399 g/mol. The third kappa shape index (κ3) is 1.82. The number of nitrogens with zero attached hydrogens (tertiary/aromatic N) is 3. The van der Waals surface area contributed by atoms with E-state index in [1.807, 2.05) is 55.1 Å². The molecule has 0 radical (unpaired) electrons. The van der Waals surface area contributed by atoms with E-state index < -0.39 is 0 Å². The molecule has 0 N–H and O–H groups in total. The fourth-order valence-corrected chi connectivity index (χ4v) is 4.99. The van der Waals surface area contributed by atoms with E-state index in [2.05, 4.69) is 38.6 Å². The molecule has 5 heteroatoms. The van der Waals surface area contributed by atoms with Gasteiger partial charge in [0.2, 0.25) is 0 Å². The molecule has 0 atom stereocenters. The standard InChI is InChI=1S/C26H13N3O2/c1-2-4-21-16(3-1)24-22(30-21)6-5-14-18-11-17-19-13-27-8-7-15(19)26-28-9-10-29(26)20(17)12-23(18)31-25(14)24/h1-13H. The van der Waals surface area contributed by atoms with E-state index in [4.69, 9.17) is 8.83 Å². The lowest BCUT2D eigenvalue weighted by atomic mass is 10.0. The van der Waals surface area contributed by atoms with E-state index in [1.165, 1.54) is 0 Å². The van der Waals surface area contributed by atoms with Gasteiger partial charge in [-0.2, -0.15) is 0 Å². The number of hydrogen-bond donors (Lipinski definition) is 0. The van der Waals surface area contributed by atoms with E-state index in [1.54, 1.807) is 0 Å². The Morgan fingerprint density at radius 2 is 1.65 bits per heavy atom. The Bertz CT molecular complexity index is 2010. The summed E-state index contributed by atoms with van der Waals surface area (Å²) in [5, 5.41) is 7.55. The topological polar surface area (TPSA) is 56.5 Å². The maximum absolute atomic E-state index is 6.47. The first kappa shape index (κ1) is 15.5. The van der Waals surface area contributed by atoms with Crippen LogP contribution in [0.15, 0.2) is 88.2 Å². The van der Waals surface area contributed by atoms with Gasteiger partial charge in [-0.3, -0.25) is 9.38 Å². The molecule has 8 rings (SSSR count). The average molecular weight is 399 g/mol. The van der Waals surface area contributed by atoms with Gasteiger partial charge in [0.25, 0.3) is 0 Å². The number of imidazole rings is 1. The normalized spacial score (nSPS) is 12.5. The molecule has 8 aromatic rings. The van der Waals surface area contributed by atoms with Crippen LogP contribution in [0.4, 0.5) is 0 Å². The minimum absolute atomic E-state index is 0.837. The van der Waals surface area contributed by atoms with Crippen molar-refractivity contribution in [1.82, 2.24) is 14.4 Å². The summed E-state index contributed by atoms with van der Waals surface area (Å²) in [7, 11) is 0. The molecule has 5 heterocycles. The van der Waals surface area contributed by atoms with E-state index in [0.717, 1.165) is 71.2 Å². The number of rotatable bonds is 0. The van der Waals surface area contributed by atoms with Crippen molar-refractivity contribution in [2.45, 2.75) is 0 Å². The maximum atomic E-state index is 6.47. The summed E-state index contributed by atoms with van der Waals surface area (Å²) in [6.07, 6.45) is 7.56. The molecule has 0 fully saturated rings. The van der Waals surface area contributed by atoms with Gasteiger partial charge in [-0.1, -0.05) is 18.2 Å². The number of para-hydroxylation sites is 1. The summed E-state index contributed by atoms with van der Waals surface area (Å²) in [5.41, 5.74) is 5.38. The van der Waals surface area contributed by atoms with Gasteiger partial charge in [0.1, 0.15) is 28.0 Å². The molecular weight excluding hydrogens is 386 g/mol. The molecule has 5 aromatic heterocycles. The molecule has 144 valence electrons. The largest absolute Gasteiger partial charge is 0.456 e. The highest BCUT2D eigenvalue weighted by Crippen LogP contribution is 2.41. The van der Waals surface area contributed by atoms with Crippen molar-refractivity contribution in [3.8, 4) is 0 Å². The summed E-state index contributed by atoms with van der Waals surface area (Å²) in [5.74, 6) is 0. The Balaban J connectivity index is 1.63. The van der Waals surface area contributed by atoms with Crippen LogP contribution in [-0.2, 0) is 0 Å². The zero-order chi connectivity index (χ0) is 20.1. The summed E-state index contributed by atoms with van der Waals surface area (Å²) < 4.78 is 14.6. The quantitative estimate of drug-likeness (QED) is 0.262. The lowest BCUT2D eigenvalue weighted by Crippen LogP contribution is -1.91. The molecule has 0 aliphatic carbocycles. The second-order valence-electron chi connectivity index (χ2n) is 7.92. The molecule has 0 bridgehead atoms. The van der Waals surface area contributed by atoms with Gasteiger partial charge in [-0.05, 0) is 30.3 Å². The Kier molecular flexibility index (Phi) is 2.60. The minimum Gasteiger partial charge on any atom is -0.456 e. The second-order valence-corrected chi connectivity index (χ2v) is 7.92. The smallest absolute Gasteiger partial charge is 0.147 e. The molecular formula is C26H13N3O2. The van der Waals surface area contributed by atoms with Crippen LogP contribution in [0.5, 0.6) is 0 Å². The second kappa shape index (κ2) is 5.21. The van der Waals surface area contributed by atoms with Crippen molar-refractivity contribution in [2.24, 2.45) is 0 Å². The Morgan fingerprint density at radius 3 is 2.65 bits per heavy atom. The number of hydrogen-bond acceptors (Lipinski definition) is 4. The fraction of sp³-hybridized carbons (Fsp3) is 0. The van der Waals surface area contributed by atoms with Crippen molar-refractivity contribution < 1.29 is 8.83 Å². The van der Waals surface area contributed by atoms with Gasteiger partial charge in [0.15, 0.2) is 0 Å². The van der Waals surface area contributed by atoms with Crippen LogP contribution in [0.2, 0.25) is 0 Å². The molecule has 0 saturated carbocycles. The lowest BCUT2D eigenvalue weighted by molar-refractivity contribution is 0.663. The van der Waals surface area contributed by atoms with Crippen LogP contribution in [0.3, 0.4) is 0 Å². The zero-order valence-electron chi connectivity index (χ0n) is 16.2. The van der Waals surface area contributed by atoms with Crippen LogP contribution in [0.25, 0.3) is 71.2 Å². The van der Waals surface area contributed by atoms with Gasteiger partial charge in [-0.25, -0.2) is 4.98 Å². The Morgan fingerprint density at radius 1 is 0.677 bits per heavy atom. The lowest BCUT2D eigenvalue weighted by Gasteiger charge is -2.07. The van der Waals surface area contributed by atoms with Gasteiger partial charge in [0.05, 0.1) is 10.9 Å². The van der Waals surface area contributed by atoms with E-state index in [-0.39, 0.29) is 0 Å². The van der Waals surface area contributed by atoms with Crippen molar-refractivity contribution in [3.63, 3.8) is 0 Å². The van der Waals surface area contributed by atoms with Crippen LogP contribution >= 0.6 is 0 Å². The molecule has 0 unspecified atom stereocenters. The number of fused-ring (bicyclic) bond motifs is 13. The number of benzene rings is 3. The summed E-state index contributed by atoms with van der Waals surface area (Å²) >= 11 is 0. The highest BCUT2D eigenvalue weighted by Gasteiger charge is 2.18. The van der Waals surface area contributed by atoms with Crippen LogP contribution in [0, 0.1) is 0 Å². The SMILES string of the molecule is c1ccc2c(c1)oc1ccc3c4cc5c6cnccc6c6nccn6c5cc4oc3c12. The average Bonchev–Trinajstić information content (AvgIpc) is 3.52. The van der Waals surface area contributed by atoms with Crippen molar-refractivity contribution in [3.05, 3.63) is 79.4 Å². The maximum Gasteiger partial charge on any atom is 0.147 e. The molecule has 31 heavy (non-hydrogen) atoms. The molecule has 5 nitrogen and oxygen atoms in total. The molecule has 0 aliphatic heterocycles. The van der Waals surface area contributed by atoms with Gasteiger partial charge in [0, 0.05) is 63.2 Å². The number of furan rings is 2. The van der Waals surface area contributed by atoms with Crippen LogP contribution in [0.1, 0.15) is 0 Å². The molecule has 0 aliphatic rings. The summed E-state index contributed by atoms with van der Waals surface area (Å²) in [6, 6.07) is 18.6. The predicted molar refractivity (Wildman–Crippen MR) is 123 cm³/mol. The number of pyridine rings is 2. The van der Waals surface area contributed by atoms with E-state index >= 15 is 0 Å². The van der Waals surface area contributed by atoms with Crippen LogP contribution in [-0.4, -0.2) is 14.4 Å². The first-order chi connectivity index (χ1) is 15.4. The molecule has 0 spiro atoms. The number of aromatic nitrogens is 3. The third-order valence-electron chi connectivity index (χ3n) is 6.35. The van der Waals surface area contributed by atoms with Gasteiger partial charge >= 0.3 is 0 Å². The van der Waals surface area contributed by atoms with Crippen molar-refractivity contribution >= 4 is 71.2 Å². The van der Waals surface area contributed by atoms with E-state index in [0.29, 0.717) is 0 Å². The predicted octanol–water partition coefficient (Wildman–Crippen LogP) is 6.83. The minimum atomic E-state index is 0.837. The highest BCUT2D eigenvalue weighted by molar-refractivity contribution is 6.24. The molecule has 3 aromatic carbocycles. The summed E-state index contributed by atoms with van der Waals surface area (Å²) in [6.45, 7) is 0. The first-order valence-electron chi connectivity index (χ1n) is 10.2. The van der Waals surface area contributed by atoms with Gasteiger partial charge in [-0.15, -0.1) is 0 Å². The van der Waals surface area contributed by atoms with Gasteiger partial charge < -0.3 is 8.83 Å². The Hall–Kier alpha value is -4.38. The first-order valence-corrected chi connectivity index (χ1v) is 10.2. The van der Waals surface area contributed by atoms with Crippen molar-refractivity contribution in [2.75, 3.05) is 0 Å². The van der Waals surface area contributed by atoms with Crippen molar-refractivity contribution in [1.29, 1.82) is 0 Å². The summed E-state index contributed by atoms with van der Waals surface area (Å²) in [4.78, 5) is 8.96. The van der Waals surface area contributed by atoms with E-state index in [9.17, 15) is 0 Å². The molecule has 0 amide bonds. The highest BCUT2D eigenvalue weighted by atomic mass is 16.3.